The molecule has 1 aliphatic carbocycles. The van der Waals surface area contributed by atoms with Crippen LogP contribution in [0.25, 0.3) is 0 Å². The van der Waals surface area contributed by atoms with Crippen molar-refractivity contribution in [2.24, 2.45) is 11.3 Å². The van der Waals surface area contributed by atoms with Crippen LogP contribution >= 0.6 is 11.3 Å². The van der Waals surface area contributed by atoms with Crippen LogP contribution in [-0.4, -0.2) is 11.5 Å². The summed E-state index contributed by atoms with van der Waals surface area (Å²) in [7, 11) is 0. The van der Waals surface area contributed by atoms with Gasteiger partial charge in [-0.3, -0.25) is 0 Å². The number of nitrogens with one attached hydrogen (secondary N) is 1. The average molecular weight is 278 g/mol. The molecule has 0 spiro atoms. The van der Waals surface area contributed by atoms with E-state index >= 15 is 0 Å². The van der Waals surface area contributed by atoms with Gasteiger partial charge in [0.25, 0.3) is 0 Å². The second-order valence-electron chi connectivity index (χ2n) is 5.40. The van der Waals surface area contributed by atoms with Gasteiger partial charge < -0.3 is 5.32 Å². The van der Waals surface area contributed by atoms with E-state index in [1.165, 1.54) is 6.20 Å². The number of thiazole rings is 1. The molecule has 2 unspecified atom stereocenters. The summed E-state index contributed by atoms with van der Waals surface area (Å²) < 4.78 is 37.6. The molecule has 6 heteroatoms. The lowest BCUT2D eigenvalue weighted by atomic mass is 10.0. The second-order valence-corrected chi connectivity index (χ2v) is 6.46. The van der Waals surface area contributed by atoms with E-state index in [9.17, 15) is 13.2 Å². The Bertz CT molecular complexity index is 425. The standard InChI is InChI=1S/C12H17F3N2S/c1-4-16-9(7-5-11(7,2)3)8-6-17-10(18-8)12(13,14)15/h6-7,9,16H,4-5H2,1-3H3. The van der Waals surface area contributed by atoms with Gasteiger partial charge in [0.15, 0.2) is 5.01 Å². The normalized spacial score (nSPS) is 24.0. The molecule has 102 valence electrons. The maximum Gasteiger partial charge on any atom is 0.443 e. The van der Waals surface area contributed by atoms with Gasteiger partial charge in [0.05, 0.1) is 0 Å². The zero-order valence-corrected chi connectivity index (χ0v) is 11.5. The lowest BCUT2D eigenvalue weighted by Gasteiger charge is -2.17. The SMILES string of the molecule is CCNC(c1cnc(C(F)(F)F)s1)C1CC1(C)C. The van der Waals surface area contributed by atoms with Gasteiger partial charge in [-0.05, 0) is 24.3 Å². The van der Waals surface area contributed by atoms with Crippen LogP contribution in [0, 0.1) is 11.3 Å². The fraction of sp³-hybridized carbons (Fsp3) is 0.750. The molecule has 1 aliphatic rings. The van der Waals surface area contributed by atoms with Crippen LogP contribution < -0.4 is 5.32 Å². The average Bonchev–Trinajstić information content (AvgIpc) is 2.69. The first-order chi connectivity index (χ1) is 8.25. The molecule has 1 saturated carbocycles. The highest BCUT2D eigenvalue weighted by molar-refractivity contribution is 7.11. The Morgan fingerprint density at radius 1 is 1.56 bits per heavy atom. The van der Waals surface area contributed by atoms with Crippen molar-refractivity contribution in [3.8, 4) is 0 Å². The van der Waals surface area contributed by atoms with Gasteiger partial charge in [-0.15, -0.1) is 11.3 Å². The number of hydrogen-bond acceptors (Lipinski definition) is 3. The van der Waals surface area contributed by atoms with Crippen LogP contribution in [0.5, 0.6) is 0 Å². The van der Waals surface area contributed by atoms with E-state index < -0.39 is 11.2 Å². The zero-order chi connectivity index (χ0) is 13.6. The third-order valence-electron chi connectivity index (χ3n) is 3.49. The maximum absolute atomic E-state index is 12.5. The first-order valence-corrected chi connectivity index (χ1v) is 6.83. The molecule has 2 nitrogen and oxygen atoms in total. The quantitative estimate of drug-likeness (QED) is 0.904. The van der Waals surface area contributed by atoms with Crippen LogP contribution in [0.3, 0.4) is 0 Å². The first-order valence-electron chi connectivity index (χ1n) is 6.02. The first kappa shape index (κ1) is 13.8. The monoisotopic (exact) mass is 278 g/mol. The van der Waals surface area contributed by atoms with Gasteiger partial charge in [-0.25, -0.2) is 4.98 Å². The summed E-state index contributed by atoms with van der Waals surface area (Å²) in [5.74, 6) is 0.402. The molecule has 0 amide bonds. The molecule has 0 aromatic carbocycles. The van der Waals surface area contributed by atoms with Crippen molar-refractivity contribution in [2.75, 3.05) is 6.54 Å². The minimum atomic E-state index is -4.33. The Kier molecular flexibility index (Phi) is 3.44. The third kappa shape index (κ3) is 2.69. The lowest BCUT2D eigenvalue weighted by molar-refractivity contribution is -0.137. The van der Waals surface area contributed by atoms with Gasteiger partial charge in [0.1, 0.15) is 0 Å². The third-order valence-corrected chi connectivity index (χ3v) is 4.61. The van der Waals surface area contributed by atoms with Crippen molar-refractivity contribution < 1.29 is 13.2 Å². The lowest BCUT2D eigenvalue weighted by Crippen LogP contribution is -2.23. The fourth-order valence-corrected chi connectivity index (χ4v) is 3.22. The minimum Gasteiger partial charge on any atom is -0.309 e. The predicted molar refractivity (Wildman–Crippen MR) is 65.4 cm³/mol. The summed E-state index contributed by atoms with van der Waals surface area (Å²) >= 11 is 0.758. The van der Waals surface area contributed by atoms with E-state index in [1.807, 2.05) is 6.92 Å². The van der Waals surface area contributed by atoms with Crippen molar-refractivity contribution in [3.05, 3.63) is 16.1 Å². The summed E-state index contributed by atoms with van der Waals surface area (Å²) in [5.41, 5.74) is 0.217. The van der Waals surface area contributed by atoms with Crippen molar-refractivity contribution >= 4 is 11.3 Å². The van der Waals surface area contributed by atoms with Gasteiger partial charge in [-0.2, -0.15) is 13.2 Å². The molecule has 0 bridgehead atoms. The maximum atomic E-state index is 12.5. The van der Waals surface area contributed by atoms with Crippen molar-refractivity contribution in [3.63, 3.8) is 0 Å². The zero-order valence-electron chi connectivity index (χ0n) is 10.6. The number of nitrogens with zero attached hydrogens (tertiary/aromatic N) is 1. The molecule has 2 rings (SSSR count). The predicted octanol–water partition coefficient (Wildman–Crippen LogP) is 3.86. The molecule has 0 radical (unpaired) electrons. The molecular weight excluding hydrogens is 261 g/mol. The Balaban J connectivity index is 2.19. The summed E-state index contributed by atoms with van der Waals surface area (Å²) in [5, 5.41) is 2.53. The van der Waals surface area contributed by atoms with Crippen molar-refractivity contribution in [1.82, 2.24) is 10.3 Å². The largest absolute Gasteiger partial charge is 0.443 e. The van der Waals surface area contributed by atoms with E-state index in [0.717, 1.165) is 24.3 Å². The number of aromatic nitrogens is 1. The van der Waals surface area contributed by atoms with Gasteiger partial charge in [0.2, 0.25) is 0 Å². The molecule has 1 aromatic rings. The molecule has 1 fully saturated rings. The molecule has 0 aliphatic heterocycles. The van der Waals surface area contributed by atoms with E-state index in [1.54, 1.807) is 0 Å². The topological polar surface area (TPSA) is 24.9 Å². The van der Waals surface area contributed by atoms with Gasteiger partial charge in [0, 0.05) is 17.1 Å². The minimum absolute atomic E-state index is 0.00130. The van der Waals surface area contributed by atoms with Gasteiger partial charge in [-0.1, -0.05) is 20.8 Å². The van der Waals surface area contributed by atoms with Crippen molar-refractivity contribution in [2.45, 2.75) is 39.4 Å². The fourth-order valence-electron chi connectivity index (χ4n) is 2.30. The number of rotatable bonds is 4. The summed E-state index contributed by atoms with van der Waals surface area (Å²) in [4.78, 5) is 4.20. The highest BCUT2D eigenvalue weighted by Crippen LogP contribution is 2.58. The number of alkyl halides is 3. The number of halogens is 3. The van der Waals surface area contributed by atoms with Crippen LogP contribution in [0.15, 0.2) is 6.20 Å². The molecule has 1 N–H and O–H groups in total. The van der Waals surface area contributed by atoms with Crippen LogP contribution in [-0.2, 0) is 6.18 Å². The van der Waals surface area contributed by atoms with E-state index in [4.69, 9.17) is 0 Å². The number of hydrogen-bond donors (Lipinski definition) is 1. The Hall–Kier alpha value is -0.620. The van der Waals surface area contributed by atoms with Crippen molar-refractivity contribution in [1.29, 1.82) is 0 Å². The van der Waals surface area contributed by atoms with Crippen LogP contribution in [0.4, 0.5) is 13.2 Å². The Morgan fingerprint density at radius 2 is 2.17 bits per heavy atom. The highest BCUT2D eigenvalue weighted by atomic mass is 32.1. The van der Waals surface area contributed by atoms with Gasteiger partial charge >= 0.3 is 6.18 Å². The summed E-state index contributed by atoms with van der Waals surface area (Å²) in [6.45, 7) is 7.01. The van der Waals surface area contributed by atoms with E-state index in [-0.39, 0.29) is 11.5 Å². The molecule has 1 heterocycles. The highest BCUT2D eigenvalue weighted by Gasteiger charge is 2.51. The molecular formula is C12H17F3N2S. The Labute approximate surface area is 109 Å². The molecule has 0 saturated heterocycles. The van der Waals surface area contributed by atoms with E-state index in [0.29, 0.717) is 10.8 Å². The molecule has 1 aromatic heterocycles. The summed E-state index contributed by atoms with van der Waals surface area (Å²) in [6, 6.07) is -0.00130. The smallest absolute Gasteiger partial charge is 0.309 e. The molecule has 18 heavy (non-hydrogen) atoms. The summed E-state index contributed by atoms with van der Waals surface area (Å²) in [6.07, 6.45) is -1.92. The van der Waals surface area contributed by atoms with Crippen LogP contribution in [0.1, 0.15) is 43.1 Å². The van der Waals surface area contributed by atoms with Crippen LogP contribution in [0.2, 0.25) is 0 Å². The molecule has 2 atom stereocenters. The van der Waals surface area contributed by atoms with E-state index in [2.05, 4.69) is 24.1 Å². The second kappa shape index (κ2) is 4.49. The Morgan fingerprint density at radius 3 is 2.56 bits per heavy atom.